The molecular weight excluding hydrogens is 456 g/mol. The van der Waals surface area contributed by atoms with Crippen molar-refractivity contribution in [2.75, 3.05) is 23.7 Å². The maximum Gasteiger partial charge on any atom is 0.223 e. The summed E-state index contributed by atoms with van der Waals surface area (Å²) in [6.07, 6.45) is 4.84. The van der Waals surface area contributed by atoms with Gasteiger partial charge in [-0.05, 0) is 36.5 Å². The van der Waals surface area contributed by atoms with Gasteiger partial charge < -0.3 is 10.2 Å². The minimum atomic E-state index is -3.71. The first-order valence-corrected chi connectivity index (χ1v) is 12.7. The topological polar surface area (TPSA) is 83.6 Å². The lowest BCUT2D eigenvalue weighted by Crippen LogP contribution is -2.31. The number of nitrogens with one attached hydrogen (secondary N) is 1. The number of nitrogens with zero attached hydrogens (tertiary/aromatic N) is 1. The third-order valence-corrected chi connectivity index (χ3v) is 7.62. The average molecular weight is 487 g/mol. The van der Waals surface area contributed by atoms with Crippen molar-refractivity contribution in [2.24, 2.45) is 5.92 Å². The number of benzene rings is 1. The molecule has 1 heterocycles. The van der Waals surface area contributed by atoms with Crippen molar-refractivity contribution in [1.82, 2.24) is 5.32 Å². The number of anilines is 1. The van der Waals surface area contributed by atoms with Crippen molar-refractivity contribution in [1.29, 1.82) is 0 Å². The molecule has 1 N–H and O–H groups in total. The van der Waals surface area contributed by atoms with Gasteiger partial charge in [-0.3, -0.25) is 9.59 Å². The maximum atomic E-state index is 13.0. The molecule has 1 aliphatic heterocycles. The number of unbranched alkanes of at least 4 members (excludes halogenated alkanes) is 1. The van der Waals surface area contributed by atoms with Crippen LogP contribution in [0, 0.1) is 5.92 Å². The van der Waals surface area contributed by atoms with Gasteiger partial charge in [0.05, 0.1) is 16.3 Å². The molecule has 1 aliphatic rings. The predicted octanol–water partition coefficient (Wildman–Crippen LogP) is 3.85. The van der Waals surface area contributed by atoms with Crippen molar-refractivity contribution < 1.29 is 18.0 Å². The number of sulfone groups is 1. The lowest BCUT2D eigenvalue weighted by Gasteiger charge is -2.19. The molecule has 6 nitrogen and oxygen atoms in total. The van der Waals surface area contributed by atoms with Crippen LogP contribution in [-0.2, 0) is 25.8 Å². The Labute approximate surface area is 182 Å². The third-order valence-electron chi connectivity index (χ3n) is 5.44. The number of halogens is 1. The summed E-state index contributed by atoms with van der Waals surface area (Å²) in [5.41, 5.74) is 1.30. The molecule has 0 spiro atoms. The second-order valence-corrected chi connectivity index (χ2v) is 10.6. The number of rotatable bonds is 10. The number of fused-ring (bicyclic) bond motifs is 1. The zero-order chi connectivity index (χ0) is 21.6. The monoisotopic (exact) mass is 486 g/mol. The molecule has 0 saturated heterocycles. The number of hydrogen-bond acceptors (Lipinski definition) is 4. The molecule has 1 aromatic rings. The van der Waals surface area contributed by atoms with E-state index >= 15 is 0 Å². The van der Waals surface area contributed by atoms with Crippen LogP contribution in [0.4, 0.5) is 5.69 Å². The molecule has 1 aromatic carbocycles. The van der Waals surface area contributed by atoms with Gasteiger partial charge >= 0.3 is 0 Å². The van der Waals surface area contributed by atoms with Crippen LogP contribution in [-0.4, -0.2) is 39.1 Å². The SMILES string of the molecule is CCCC[C@@H](CC)CNC(=O)CCS(=O)(=O)c1cc(Br)cc2c1N(C(C)=O)CC2. The second-order valence-electron chi connectivity index (χ2n) is 7.62. The molecule has 8 heteroatoms. The van der Waals surface area contributed by atoms with Crippen LogP contribution in [0.15, 0.2) is 21.5 Å². The van der Waals surface area contributed by atoms with Crippen LogP contribution in [0.3, 0.4) is 0 Å². The lowest BCUT2D eigenvalue weighted by atomic mass is 9.99. The lowest BCUT2D eigenvalue weighted by molar-refractivity contribution is -0.121. The summed E-state index contributed by atoms with van der Waals surface area (Å²) in [4.78, 5) is 25.8. The van der Waals surface area contributed by atoms with E-state index in [1.54, 1.807) is 0 Å². The van der Waals surface area contributed by atoms with Gasteiger partial charge in [-0.1, -0.05) is 49.0 Å². The Morgan fingerprint density at radius 2 is 2.00 bits per heavy atom. The van der Waals surface area contributed by atoms with E-state index in [0.29, 0.717) is 35.6 Å². The largest absolute Gasteiger partial charge is 0.356 e. The number of amides is 2. The predicted molar refractivity (Wildman–Crippen MR) is 119 cm³/mol. The summed E-state index contributed by atoms with van der Waals surface area (Å²) in [5.74, 6) is -0.288. The van der Waals surface area contributed by atoms with E-state index in [-0.39, 0.29) is 28.9 Å². The minimum Gasteiger partial charge on any atom is -0.356 e. The van der Waals surface area contributed by atoms with Gasteiger partial charge in [0.2, 0.25) is 11.8 Å². The van der Waals surface area contributed by atoms with Gasteiger partial charge in [-0.2, -0.15) is 0 Å². The first kappa shape index (κ1) is 23.9. The zero-order valence-electron chi connectivity index (χ0n) is 17.5. The van der Waals surface area contributed by atoms with Gasteiger partial charge in [0, 0.05) is 30.9 Å². The van der Waals surface area contributed by atoms with E-state index in [1.807, 2.05) is 6.07 Å². The highest BCUT2D eigenvalue weighted by atomic mass is 79.9. The van der Waals surface area contributed by atoms with Crippen molar-refractivity contribution in [3.05, 3.63) is 22.2 Å². The number of carbonyl (C=O) groups is 2. The van der Waals surface area contributed by atoms with Crippen LogP contribution in [0.2, 0.25) is 0 Å². The van der Waals surface area contributed by atoms with E-state index in [2.05, 4.69) is 35.1 Å². The molecule has 0 aromatic heterocycles. The molecule has 162 valence electrons. The van der Waals surface area contributed by atoms with Crippen LogP contribution in [0.25, 0.3) is 0 Å². The fraction of sp³-hybridized carbons (Fsp3) is 0.619. The summed E-state index contributed by atoms with van der Waals surface area (Å²) in [7, 11) is -3.71. The Morgan fingerprint density at radius 1 is 1.28 bits per heavy atom. The Kier molecular flexibility index (Phi) is 8.70. The normalized spacial score (nSPS) is 14.6. The Balaban J connectivity index is 2.07. The van der Waals surface area contributed by atoms with E-state index in [1.165, 1.54) is 17.9 Å². The molecule has 1 atom stereocenters. The van der Waals surface area contributed by atoms with Crippen LogP contribution in [0.5, 0.6) is 0 Å². The summed E-state index contributed by atoms with van der Waals surface area (Å²) in [5, 5.41) is 2.88. The highest BCUT2D eigenvalue weighted by Gasteiger charge is 2.31. The molecule has 2 rings (SSSR count). The minimum absolute atomic E-state index is 0.0894. The van der Waals surface area contributed by atoms with Gasteiger partial charge in [0.1, 0.15) is 0 Å². The standard InChI is InChI=1S/C21H31BrN2O4S/c1-4-6-7-16(5-2)14-23-20(26)9-11-29(27,28)19-13-18(22)12-17-8-10-24(15(3)25)21(17)19/h12-13,16H,4-11,14H2,1-3H3,(H,23,26)/t16-/m1/s1. The van der Waals surface area contributed by atoms with E-state index in [4.69, 9.17) is 0 Å². The molecule has 0 aliphatic carbocycles. The molecule has 0 unspecified atom stereocenters. The average Bonchev–Trinajstić information content (AvgIpc) is 3.09. The van der Waals surface area contributed by atoms with Crippen molar-refractivity contribution >= 4 is 43.3 Å². The highest BCUT2D eigenvalue weighted by Crippen LogP contribution is 2.38. The highest BCUT2D eigenvalue weighted by molar-refractivity contribution is 9.10. The molecule has 29 heavy (non-hydrogen) atoms. The molecule has 0 fully saturated rings. The quantitative estimate of drug-likeness (QED) is 0.544. The summed E-state index contributed by atoms with van der Waals surface area (Å²) in [6, 6.07) is 3.39. The number of hydrogen-bond donors (Lipinski definition) is 1. The van der Waals surface area contributed by atoms with Crippen LogP contribution >= 0.6 is 15.9 Å². The van der Waals surface area contributed by atoms with Crippen LogP contribution in [0.1, 0.15) is 58.4 Å². The molecular formula is C21H31BrN2O4S. The van der Waals surface area contributed by atoms with Crippen LogP contribution < -0.4 is 10.2 Å². The molecule has 2 amide bonds. The maximum absolute atomic E-state index is 13.0. The Hall–Kier alpha value is -1.41. The van der Waals surface area contributed by atoms with Crippen molar-refractivity contribution in [3.63, 3.8) is 0 Å². The third kappa shape index (κ3) is 6.28. The fourth-order valence-electron chi connectivity index (χ4n) is 3.65. The Morgan fingerprint density at radius 3 is 2.62 bits per heavy atom. The Bertz CT molecular complexity index is 854. The first-order valence-electron chi connectivity index (χ1n) is 10.3. The molecule has 0 bridgehead atoms. The smallest absolute Gasteiger partial charge is 0.223 e. The molecule has 0 radical (unpaired) electrons. The van der Waals surface area contributed by atoms with E-state index in [0.717, 1.165) is 31.2 Å². The first-order chi connectivity index (χ1) is 13.7. The van der Waals surface area contributed by atoms with E-state index in [9.17, 15) is 18.0 Å². The number of carbonyl (C=O) groups excluding carboxylic acids is 2. The summed E-state index contributed by atoms with van der Waals surface area (Å²) in [6.45, 7) is 6.73. The molecule has 0 saturated carbocycles. The van der Waals surface area contributed by atoms with E-state index < -0.39 is 9.84 Å². The van der Waals surface area contributed by atoms with Gasteiger partial charge in [-0.25, -0.2) is 8.42 Å². The van der Waals surface area contributed by atoms with Gasteiger partial charge in [0.15, 0.2) is 9.84 Å². The summed E-state index contributed by atoms with van der Waals surface area (Å²) < 4.78 is 26.7. The van der Waals surface area contributed by atoms with Crippen molar-refractivity contribution in [3.8, 4) is 0 Å². The fourth-order valence-corrected chi connectivity index (χ4v) is 5.82. The second kappa shape index (κ2) is 10.6. The zero-order valence-corrected chi connectivity index (χ0v) is 19.9. The van der Waals surface area contributed by atoms with Gasteiger partial charge in [0.25, 0.3) is 0 Å². The van der Waals surface area contributed by atoms with Gasteiger partial charge in [-0.15, -0.1) is 0 Å². The summed E-state index contributed by atoms with van der Waals surface area (Å²) >= 11 is 3.37. The van der Waals surface area contributed by atoms with Crippen molar-refractivity contribution in [2.45, 2.75) is 64.2 Å².